The van der Waals surface area contributed by atoms with Crippen molar-refractivity contribution in [3.8, 4) is 0 Å². The van der Waals surface area contributed by atoms with Gasteiger partial charge in [-0.2, -0.15) is 0 Å². The molecule has 1 fully saturated rings. The van der Waals surface area contributed by atoms with Crippen molar-refractivity contribution in [3.05, 3.63) is 39.9 Å². The Morgan fingerprint density at radius 3 is 2.48 bits per heavy atom. The van der Waals surface area contributed by atoms with Gasteiger partial charge in [0.1, 0.15) is 0 Å². The summed E-state index contributed by atoms with van der Waals surface area (Å²) in [5.74, 6) is -0.397. The van der Waals surface area contributed by atoms with E-state index in [0.717, 1.165) is 0 Å². The lowest BCUT2D eigenvalue weighted by atomic mass is 9.95. The zero-order valence-electron chi connectivity index (χ0n) is 11.7. The average Bonchev–Trinajstić information content (AvgIpc) is 2.38. The molecule has 1 aliphatic rings. The van der Waals surface area contributed by atoms with Gasteiger partial charge in [0.25, 0.3) is 5.69 Å². The number of nitrogens with zero attached hydrogens (tertiary/aromatic N) is 2. The molecule has 2 rings (SSSR count). The molecule has 8 heteroatoms. The average molecular weight is 314 g/mol. The number of aliphatic hydroxyl groups is 1. The Morgan fingerprint density at radius 2 is 1.90 bits per heavy atom. The van der Waals surface area contributed by atoms with Crippen molar-refractivity contribution in [2.45, 2.75) is 31.1 Å². The molecule has 1 saturated heterocycles. The van der Waals surface area contributed by atoms with Crippen LogP contribution in [0.1, 0.15) is 25.3 Å². The van der Waals surface area contributed by atoms with Gasteiger partial charge in [-0.3, -0.25) is 10.1 Å². The summed E-state index contributed by atoms with van der Waals surface area (Å²) in [7, 11) is -3.62. The van der Waals surface area contributed by atoms with Gasteiger partial charge in [-0.25, -0.2) is 12.7 Å². The minimum absolute atomic E-state index is 0.180. The summed E-state index contributed by atoms with van der Waals surface area (Å²) in [6.45, 7) is 2.14. The molecule has 1 aromatic carbocycles. The van der Waals surface area contributed by atoms with Crippen LogP contribution < -0.4 is 0 Å². The molecule has 0 aromatic heterocycles. The van der Waals surface area contributed by atoms with Gasteiger partial charge in [-0.05, 0) is 19.8 Å². The Hall–Kier alpha value is -1.51. The fourth-order valence-electron chi connectivity index (χ4n) is 2.34. The molecular formula is C13H18N2O5S. The van der Waals surface area contributed by atoms with Crippen LogP contribution in [0.2, 0.25) is 0 Å². The van der Waals surface area contributed by atoms with Crippen molar-refractivity contribution in [3.63, 3.8) is 0 Å². The monoisotopic (exact) mass is 314 g/mol. The minimum Gasteiger partial charge on any atom is -0.390 e. The number of sulfonamides is 1. The molecule has 116 valence electrons. The molecule has 0 aliphatic carbocycles. The zero-order chi connectivity index (χ0) is 15.7. The maximum absolute atomic E-state index is 12.4. The molecule has 0 saturated carbocycles. The second-order valence-electron chi connectivity index (χ2n) is 5.54. The lowest BCUT2D eigenvalue weighted by Gasteiger charge is -2.34. The van der Waals surface area contributed by atoms with Crippen LogP contribution in [0.5, 0.6) is 0 Å². The van der Waals surface area contributed by atoms with Crippen LogP contribution in [-0.2, 0) is 15.8 Å². The van der Waals surface area contributed by atoms with E-state index in [0.29, 0.717) is 12.8 Å². The van der Waals surface area contributed by atoms with Crippen LogP contribution in [-0.4, -0.2) is 41.4 Å². The standard InChI is InChI=1S/C13H18N2O5S/c1-13(16)6-8-14(9-7-13)21(19,20)10-11-4-2-3-5-12(11)15(17)18/h2-5,16H,6-10H2,1H3. The van der Waals surface area contributed by atoms with Gasteiger partial charge in [0.05, 0.1) is 16.3 Å². The molecule has 0 amide bonds. The van der Waals surface area contributed by atoms with Crippen molar-refractivity contribution < 1.29 is 18.4 Å². The Bertz CT molecular complexity index is 632. The van der Waals surface area contributed by atoms with Gasteiger partial charge in [0.2, 0.25) is 10.0 Å². The van der Waals surface area contributed by atoms with Crippen LogP contribution in [0.3, 0.4) is 0 Å². The SMILES string of the molecule is CC1(O)CCN(S(=O)(=O)Cc2ccccc2[N+](=O)[O-])CC1. The van der Waals surface area contributed by atoms with Crippen molar-refractivity contribution in [1.82, 2.24) is 4.31 Å². The van der Waals surface area contributed by atoms with E-state index in [1.165, 1.54) is 22.5 Å². The van der Waals surface area contributed by atoms with Crippen molar-refractivity contribution >= 4 is 15.7 Å². The summed E-state index contributed by atoms with van der Waals surface area (Å²) in [5, 5.41) is 20.8. The molecule has 1 N–H and O–H groups in total. The highest BCUT2D eigenvalue weighted by atomic mass is 32.2. The highest BCUT2D eigenvalue weighted by Crippen LogP contribution is 2.26. The summed E-state index contributed by atoms with van der Waals surface area (Å²) < 4.78 is 26.0. The Kier molecular flexibility index (Phi) is 4.31. The van der Waals surface area contributed by atoms with E-state index in [1.54, 1.807) is 13.0 Å². The van der Waals surface area contributed by atoms with Crippen LogP contribution in [0, 0.1) is 10.1 Å². The number of hydrogen-bond donors (Lipinski definition) is 1. The molecule has 0 radical (unpaired) electrons. The Balaban J connectivity index is 2.17. The van der Waals surface area contributed by atoms with Gasteiger partial charge in [0, 0.05) is 24.7 Å². The van der Waals surface area contributed by atoms with Crippen LogP contribution in [0.4, 0.5) is 5.69 Å². The molecule has 1 aliphatic heterocycles. The van der Waals surface area contributed by atoms with E-state index in [4.69, 9.17) is 0 Å². The van der Waals surface area contributed by atoms with E-state index in [-0.39, 0.29) is 24.3 Å². The topological polar surface area (TPSA) is 101 Å². The predicted octanol–water partition coefficient (Wildman–Crippen LogP) is 1.27. The minimum atomic E-state index is -3.62. The predicted molar refractivity (Wildman–Crippen MR) is 77.2 cm³/mol. The number of hydrogen-bond acceptors (Lipinski definition) is 5. The normalized spacial score (nSPS) is 19.3. The largest absolute Gasteiger partial charge is 0.390 e. The second-order valence-corrected chi connectivity index (χ2v) is 7.51. The molecule has 21 heavy (non-hydrogen) atoms. The molecule has 0 bridgehead atoms. The fourth-order valence-corrected chi connectivity index (χ4v) is 3.90. The van der Waals surface area contributed by atoms with Gasteiger partial charge in [0.15, 0.2) is 0 Å². The van der Waals surface area contributed by atoms with Gasteiger partial charge in [-0.15, -0.1) is 0 Å². The fraction of sp³-hybridized carbons (Fsp3) is 0.538. The third-order valence-corrected chi connectivity index (χ3v) is 5.55. The lowest BCUT2D eigenvalue weighted by molar-refractivity contribution is -0.385. The van der Waals surface area contributed by atoms with E-state index < -0.39 is 26.3 Å². The maximum atomic E-state index is 12.4. The number of rotatable bonds is 4. The first-order chi connectivity index (χ1) is 9.71. The third kappa shape index (κ3) is 3.78. The Labute approximate surface area is 123 Å². The summed E-state index contributed by atoms with van der Waals surface area (Å²) in [6, 6.07) is 5.84. The molecule has 0 unspecified atom stereocenters. The number of nitro benzene ring substituents is 1. The Morgan fingerprint density at radius 1 is 1.33 bits per heavy atom. The zero-order valence-corrected chi connectivity index (χ0v) is 12.5. The molecule has 1 heterocycles. The first-order valence-corrected chi connectivity index (χ1v) is 8.25. The molecule has 0 atom stereocenters. The van der Waals surface area contributed by atoms with Gasteiger partial charge in [-0.1, -0.05) is 18.2 Å². The number of para-hydroxylation sites is 1. The summed E-state index contributed by atoms with van der Waals surface area (Å²) in [6.07, 6.45) is 0.728. The summed E-state index contributed by atoms with van der Waals surface area (Å²) in [5.41, 5.74) is -0.852. The number of piperidine rings is 1. The van der Waals surface area contributed by atoms with Crippen molar-refractivity contribution in [2.24, 2.45) is 0 Å². The third-order valence-electron chi connectivity index (χ3n) is 3.72. The molecule has 7 nitrogen and oxygen atoms in total. The highest BCUT2D eigenvalue weighted by molar-refractivity contribution is 7.88. The van der Waals surface area contributed by atoms with E-state index in [9.17, 15) is 23.6 Å². The van der Waals surface area contributed by atoms with E-state index in [1.807, 2.05) is 0 Å². The number of benzene rings is 1. The van der Waals surface area contributed by atoms with Crippen LogP contribution in [0.15, 0.2) is 24.3 Å². The van der Waals surface area contributed by atoms with Crippen molar-refractivity contribution in [2.75, 3.05) is 13.1 Å². The molecular weight excluding hydrogens is 296 g/mol. The lowest BCUT2D eigenvalue weighted by Crippen LogP contribution is -2.45. The van der Waals surface area contributed by atoms with Crippen molar-refractivity contribution in [1.29, 1.82) is 0 Å². The van der Waals surface area contributed by atoms with Gasteiger partial charge < -0.3 is 5.11 Å². The maximum Gasteiger partial charge on any atom is 0.273 e. The smallest absolute Gasteiger partial charge is 0.273 e. The van der Waals surface area contributed by atoms with E-state index in [2.05, 4.69) is 0 Å². The summed E-state index contributed by atoms with van der Waals surface area (Å²) in [4.78, 5) is 10.4. The molecule has 1 aromatic rings. The molecule has 0 spiro atoms. The van der Waals surface area contributed by atoms with Crippen LogP contribution in [0.25, 0.3) is 0 Å². The van der Waals surface area contributed by atoms with E-state index >= 15 is 0 Å². The first-order valence-electron chi connectivity index (χ1n) is 6.64. The number of nitro groups is 1. The second kappa shape index (κ2) is 5.70. The highest BCUT2D eigenvalue weighted by Gasteiger charge is 2.34. The summed E-state index contributed by atoms with van der Waals surface area (Å²) >= 11 is 0. The van der Waals surface area contributed by atoms with Crippen LogP contribution >= 0.6 is 0 Å². The van der Waals surface area contributed by atoms with Gasteiger partial charge >= 0.3 is 0 Å². The quantitative estimate of drug-likeness (QED) is 0.666. The first kappa shape index (κ1) is 15.9.